The van der Waals surface area contributed by atoms with E-state index in [2.05, 4.69) is 5.32 Å². The van der Waals surface area contributed by atoms with E-state index in [1.54, 1.807) is 18.2 Å². The predicted molar refractivity (Wildman–Crippen MR) is 73.0 cm³/mol. The molecule has 5 heteroatoms. The van der Waals surface area contributed by atoms with Crippen molar-refractivity contribution in [1.29, 1.82) is 0 Å². The van der Waals surface area contributed by atoms with Crippen molar-refractivity contribution in [2.45, 2.75) is 26.3 Å². The maximum Gasteiger partial charge on any atom is 0.258 e. The van der Waals surface area contributed by atoms with Crippen molar-refractivity contribution in [3.8, 4) is 5.75 Å². The van der Waals surface area contributed by atoms with Crippen LogP contribution in [0.5, 0.6) is 5.75 Å². The van der Waals surface area contributed by atoms with Gasteiger partial charge >= 0.3 is 0 Å². The lowest BCUT2D eigenvalue weighted by Gasteiger charge is -2.24. The van der Waals surface area contributed by atoms with E-state index in [9.17, 15) is 4.79 Å². The standard InChI is InChI=1S/C13H19ClN2O2/c1-9-10(14)5-4-6-11(9)18-7-12(17)16-13(2,3)8-15/h4-6H,7-8,15H2,1-3H3,(H,16,17). The van der Waals surface area contributed by atoms with Crippen LogP contribution >= 0.6 is 11.6 Å². The Morgan fingerprint density at radius 2 is 2.17 bits per heavy atom. The second kappa shape index (κ2) is 6.07. The smallest absolute Gasteiger partial charge is 0.258 e. The number of hydrogen-bond acceptors (Lipinski definition) is 3. The van der Waals surface area contributed by atoms with Crippen molar-refractivity contribution in [3.63, 3.8) is 0 Å². The maximum atomic E-state index is 11.7. The topological polar surface area (TPSA) is 64.3 Å². The lowest BCUT2D eigenvalue weighted by molar-refractivity contribution is -0.124. The van der Waals surface area contributed by atoms with Gasteiger partial charge in [-0.15, -0.1) is 0 Å². The van der Waals surface area contributed by atoms with Gasteiger partial charge < -0.3 is 15.8 Å². The molecule has 0 radical (unpaired) electrons. The van der Waals surface area contributed by atoms with Gasteiger partial charge in [-0.2, -0.15) is 0 Å². The molecule has 18 heavy (non-hydrogen) atoms. The van der Waals surface area contributed by atoms with Gasteiger partial charge in [0.25, 0.3) is 5.91 Å². The van der Waals surface area contributed by atoms with E-state index in [0.29, 0.717) is 17.3 Å². The highest BCUT2D eigenvalue weighted by molar-refractivity contribution is 6.31. The van der Waals surface area contributed by atoms with Crippen molar-refractivity contribution < 1.29 is 9.53 Å². The number of nitrogens with one attached hydrogen (secondary N) is 1. The molecule has 0 aromatic heterocycles. The first-order valence-electron chi connectivity index (χ1n) is 5.75. The van der Waals surface area contributed by atoms with Gasteiger partial charge in [0.15, 0.2) is 6.61 Å². The second-order valence-electron chi connectivity index (χ2n) is 4.79. The molecule has 0 saturated heterocycles. The normalized spacial score (nSPS) is 11.2. The fourth-order valence-electron chi connectivity index (χ4n) is 1.35. The van der Waals surface area contributed by atoms with Crippen LogP contribution in [0.2, 0.25) is 5.02 Å². The summed E-state index contributed by atoms with van der Waals surface area (Å²) in [6.45, 7) is 5.88. The summed E-state index contributed by atoms with van der Waals surface area (Å²) in [7, 11) is 0. The summed E-state index contributed by atoms with van der Waals surface area (Å²) in [4.78, 5) is 11.7. The molecule has 0 bridgehead atoms. The van der Waals surface area contributed by atoms with Crippen molar-refractivity contribution in [2.75, 3.05) is 13.2 Å². The Hall–Kier alpha value is -1.26. The number of carbonyl (C=O) groups is 1. The minimum atomic E-state index is -0.427. The van der Waals surface area contributed by atoms with Gasteiger partial charge in [-0.05, 0) is 32.9 Å². The summed E-state index contributed by atoms with van der Waals surface area (Å²) in [6, 6.07) is 5.34. The Morgan fingerprint density at radius 3 is 2.78 bits per heavy atom. The van der Waals surface area contributed by atoms with Gasteiger partial charge in [0.1, 0.15) is 5.75 Å². The molecule has 1 rings (SSSR count). The molecule has 1 aromatic carbocycles. The highest BCUT2D eigenvalue weighted by Gasteiger charge is 2.18. The fourth-order valence-corrected chi connectivity index (χ4v) is 1.52. The van der Waals surface area contributed by atoms with Crippen molar-refractivity contribution in [1.82, 2.24) is 5.32 Å². The zero-order valence-electron chi connectivity index (χ0n) is 10.9. The van der Waals surface area contributed by atoms with Crippen LogP contribution in [0.4, 0.5) is 0 Å². The molecule has 100 valence electrons. The molecule has 4 nitrogen and oxygen atoms in total. The van der Waals surface area contributed by atoms with Gasteiger partial charge in [0.2, 0.25) is 0 Å². The SMILES string of the molecule is Cc1c(Cl)cccc1OCC(=O)NC(C)(C)CN. The lowest BCUT2D eigenvalue weighted by atomic mass is 10.1. The first-order valence-corrected chi connectivity index (χ1v) is 6.12. The third kappa shape index (κ3) is 4.20. The minimum absolute atomic E-state index is 0.0510. The van der Waals surface area contributed by atoms with Gasteiger partial charge in [0, 0.05) is 22.7 Å². The van der Waals surface area contributed by atoms with Crippen LogP contribution in [-0.4, -0.2) is 24.6 Å². The predicted octanol–water partition coefficient (Wildman–Crippen LogP) is 1.88. The van der Waals surface area contributed by atoms with Crippen LogP contribution in [0.25, 0.3) is 0 Å². The van der Waals surface area contributed by atoms with E-state index in [-0.39, 0.29) is 12.5 Å². The number of rotatable bonds is 5. The molecule has 0 spiro atoms. The molecule has 0 aliphatic heterocycles. The lowest BCUT2D eigenvalue weighted by Crippen LogP contribution is -2.50. The van der Waals surface area contributed by atoms with Crippen LogP contribution in [0, 0.1) is 6.92 Å². The second-order valence-corrected chi connectivity index (χ2v) is 5.20. The van der Waals surface area contributed by atoms with E-state index in [4.69, 9.17) is 22.1 Å². The molecule has 0 aliphatic rings. The van der Waals surface area contributed by atoms with Crippen LogP contribution in [0.1, 0.15) is 19.4 Å². The van der Waals surface area contributed by atoms with Crippen LogP contribution in [0.3, 0.4) is 0 Å². The molecule has 1 amide bonds. The Morgan fingerprint density at radius 1 is 1.50 bits per heavy atom. The van der Waals surface area contributed by atoms with Crippen molar-refractivity contribution in [2.24, 2.45) is 5.73 Å². The Labute approximate surface area is 112 Å². The molecular formula is C13H19ClN2O2. The molecule has 0 aliphatic carbocycles. The number of halogens is 1. The molecule has 0 heterocycles. The van der Waals surface area contributed by atoms with Crippen molar-refractivity contribution >= 4 is 17.5 Å². The quantitative estimate of drug-likeness (QED) is 0.859. The molecule has 3 N–H and O–H groups in total. The zero-order chi connectivity index (χ0) is 13.8. The zero-order valence-corrected chi connectivity index (χ0v) is 11.7. The summed E-state index contributed by atoms with van der Waals surface area (Å²) in [5, 5.41) is 3.41. The minimum Gasteiger partial charge on any atom is -0.483 e. The number of carbonyl (C=O) groups excluding carboxylic acids is 1. The molecule has 1 aromatic rings. The first kappa shape index (κ1) is 14.8. The monoisotopic (exact) mass is 270 g/mol. The summed E-state index contributed by atoms with van der Waals surface area (Å²) in [5.41, 5.74) is 5.93. The largest absolute Gasteiger partial charge is 0.483 e. The summed E-state index contributed by atoms with van der Waals surface area (Å²) in [5.74, 6) is 0.410. The number of benzene rings is 1. The number of hydrogen-bond donors (Lipinski definition) is 2. The van der Waals surface area contributed by atoms with Gasteiger partial charge in [-0.25, -0.2) is 0 Å². The van der Waals surface area contributed by atoms with Gasteiger partial charge in [0.05, 0.1) is 0 Å². The Balaban J connectivity index is 2.56. The van der Waals surface area contributed by atoms with E-state index in [0.717, 1.165) is 5.56 Å². The van der Waals surface area contributed by atoms with Gasteiger partial charge in [-0.3, -0.25) is 4.79 Å². The molecule has 0 saturated carbocycles. The first-order chi connectivity index (χ1) is 8.35. The Bertz CT molecular complexity index is 433. The molecular weight excluding hydrogens is 252 g/mol. The van der Waals surface area contributed by atoms with E-state index in [1.165, 1.54) is 0 Å². The third-order valence-electron chi connectivity index (χ3n) is 2.56. The third-order valence-corrected chi connectivity index (χ3v) is 2.97. The molecule has 0 unspecified atom stereocenters. The highest BCUT2D eigenvalue weighted by atomic mass is 35.5. The van der Waals surface area contributed by atoms with E-state index in [1.807, 2.05) is 20.8 Å². The highest BCUT2D eigenvalue weighted by Crippen LogP contribution is 2.24. The summed E-state index contributed by atoms with van der Waals surface area (Å²) >= 11 is 5.96. The number of ether oxygens (including phenoxy) is 1. The number of amides is 1. The summed E-state index contributed by atoms with van der Waals surface area (Å²) < 4.78 is 5.43. The van der Waals surface area contributed by atoms with Crippen LogP contribution in [-0.2, 0) is 4.79 Å². The van der Waals surface area contributed by atoms with Gasteiger partial charge in [-0.1, -0.05) is 17.7 Å². The Kier molecular flexibility index (Phi) is 4.99. The van der Waals surface area contributed by atoms with Crippen LogP contribution < -0.4 is 15.8 Å². The average molecular weight is 271 g/mol. The molecule has 0 fully saturated rings. The fraction of sp³-hybridized carbons (Fsp3) is 0.462. The van der Waals surface area contributed by atoms with E-state index < -0.39 is 5.54 Å². The number of nitrogens with two attached hydrogens (primary N) is 1. The average Bonchev–Trinajstić information content (AvgIpc) is 2.30. The summed E-state index contributed by atoms with van der Waals surface area (Å²) in [6.07, 6.45) is 0. The van der Waals surface area contributed by atoms with Crippen LogP contribution in [0.15, 0.2) is 18.2 Å². The molecule has 0 atom stereocenters. The maximum absolute atomic E-state index is 11.7. The van der Waals surface area contributed by atoms with E-state index >= 15 is 0 Å². The van der Waals surface area contributed by atoms with Crippen molar-refractivity contribution in [3.05, 3.63) is 28.8 Å².